The standard InChI is InChI=1S/C19H37N3O/c1-5-17(4)14-19(23)22-12-10-20(11-13-22)15-18-6-8-21(9-7-18)16(2)3/h16-18H,5-15H2,1-4H3. The van der Waals surface area contributed by atoms with E-state index in [2.05, 4.69) is 42.4 Å². The molecule has 0 saturated carbocycles. The molecule has 1 amide bonds. The van der Waals surface area contributed by atoms with E-state index >= 15 is 0 Å². The molecule has 2 aliphatic heterocycles. The molecule has 2 fully saturated rings. The fraction of sp³-hybridized carbons (Fsp3) is 0.947. The summed E-state index contributed by atoms with van der Waals surface area (Å²) in [5, 5.41) is 0. The summed E-state index contributed by atoms with van der Waals surface area (Å²) in [6.07, 6.45) is 4.50. The summed E-state index contributed by atoms with van der Waals surface area (Å²) in [7, 11) is 0. The molecule has 4 nitrogen and oxygen atoms in total. The van der Waals surface area contributed by atoms with Crippen LogP contribution in [0.25, 0.3) is 0 Å². The molecule has 0 spiro atoms. The average molecular weight is 324 g/mol. The third kappa shape index (κ3) is 5.75. The number of carbonyl (C=O) groups excluding carboxylic acids is 1. The normalized spacial score (nSPS) is 23.4. The first-order valence-corrected chi connectivity index (χ1v) is 9.73. The zero-order valence-corrected chi connectivity index (χ0v) is 15.8. The van der Waals surface area contributed by atoms with E-state index < -0.39 is 0 Å². The number of hydrogen-bond donors (Lipinski definition) is 0. The van der Waals surface area contributed by atoms with Gasteiger partial charge in [0.15, 0.2) is 0 Å². The number of rotatable bonds is 6. The lowest BCUT2D eigenvalue weighted by Crippen LogP contribution is -2.51. The van der Waals surface area contributed by atoms with Gasteiger partial charge in [-0.05, 0) is 51.6 Å². The first-order valence-electron chi connectivity index (χ1n) is 9.73. The molecule has 1 atom stereocenters. The van der Waals surface area contributed by atoms with Crippen LogP contribution in [-0.2, 0) is 4.79 Å². The van der Waals surface area contributed by atoms with Crippen molar-refractivity contribution in [3.63, 3.8) is 0 Å². The Balaban J connectivity index is 1.66. The lowest BCUT2D eigenvalue weighted by molar-refractivity contribution is -0.134. The Morgan fingerprint density at radius 2 is 1.61 bits per heavy atom. The minimum Gasteiger partial charge on any atom is -0.340 e. The highest BCUT2D eigenvalue weighted by Gasteiger charge is 2.26. The van der Waals surface area contributed by atoms with Crippen molar-refractivity contribution in [2.24, 2.45) is 11.8 Å². The van der Waals surface area contributed by atoms with Crippen molar-refractivity contribution >= 4 is 5.91 Å². The van der Waals surface area contributed by atoms with Crippen LogP contribution in [0.5, 0.6) is 0 Å². The largest absolute Gasteiger partial charge is 0.340 e. The first kappa shape index (κ1) is 18.7. The predicted molar refractivity (Wildman–Crippen MR) is 96.5 cm³/mol. The number of carbonyl (C=O) groups is 1. The molecule has 0 bridgehead atoms. The fourth-order valence-corrected chi connectivity index (χ4v) is 3.77. The third-order valence-electron chi connectivity index (χ3n) is 5.84. The summed E-state index contributed by atoms with van der Waals surface area (Å²) in [4.78, 5) is 19.5. The fourth-order valence-electron chi connectivity index (χ4n) is 3.77. The molecule has 23 heavy (non-hydrogen) atoms. The van der Waals surface area contributed by atoms with E-state index in [-0.39, 0.29) is 0 Å². The highest BCUT2D eigenvalue weighted by Crippen LogP contribution is 2.21. The van der Waals surface area contributed by atoms with Crippen molar-refractivity contribution in [1.29, 1.82) is 0 Å². The second-order valence-corrected chi connectivity index (χ2v) is 7.97. The van der Waals surface area contributed by atoms with Crippen LogP contribution < -0.4 is 0 Å². The SMILES string of the molecule is CCC(C)CC(=O)N1CCN(CC2CCN(C(C)C)CC2)CC1. The van der Waals surface area contributed by atoms with Gasteiger partial charge in [0.1, 0.15) is 0 Å². The zero-order chi connectivity index (χ0) is 16.8. The van der Waals surface area contributed by atoms with Crippen LogP contribution in [0.2, 0.25) is 0 Å². The van der Waals surface area contributed by atoms with Crippen LogP contribution >= 0.6 is 0 Å². The topological polar surface area (TPSA) is 26.8 Å². The molecule has 0 aromatic rings. The number of piperazine rings is 1. The summed E-state index contributed by atoms with van der Waals surface area (Å²) < 4.78 is 0. The summed E-state index contributed by atoms with van der Waals surface area (Å²) >= 11 is 0. The maximum absolute atomic E-state index is 12.3. The Bertz CT molecular complexity index is 356. The number of likely N-dealkylation sites (tertiary alicyclic amines) is 1. The molecular formula is C19H37N3O. The predicted octanol–water partition coefficient (Wildman–Crippen LogP) is 2.69. The van der Waals surface area contributed by atoms with Gasteiger partial charge in [-0.3, -0.25) is 9.69 Å². The third-order valence-corrected chi connectivity index (χ3v) is 5.84. The molecule has 0 aromatic carbocycles. The Hall–Kier alpha value is -0.610. The van der Waals surface area contributed by atoms with E-state index in [1.165, 1.54) is 32.5 Å². The smallest absolute Gasteiger partial charge is 0.222 e. The van der Waals surface area contributed by atoms with Crippen LogP contribution in [0.4, 0.5) is 0 Å². The van der Waals surface area contributed by atoms with Gasteiger partial charge in [0.2, 0.25) is 5.91 Å². The Morgan fingerprint density at radius 1 is 1.00 bits per heavy atom. The van der Waals surface area contributed by atoms with Gasteiger partial charge in [0.25, 0.3) is 0 Å². The summed E-state index contributed by atoms with van der Waals surface area (Å²) in [6.45, 7) is 16.7. The highest BCUT2D eigenvalue weighted by molar-refractivity contribution is 5.76. The van der Waals surface area contributed by atoms with E-state index in [1.807, 2.05) is 0 Å². The monoisotopic (exact) mass is 323 g/mol. The van der Waals surface area contributed by atoms with Gasteiger partial charge in [0, 0.05) is 45.2 Å². The van der Waals surface area contributed by atoms with Crippen molar-refractivity contribution < 1.29 is 4.79 Å². The summed E-state index contributed by atoms with van der Waals surface area (Å²) in [5.74, 6) is 1.74. The van der Waals surface area contributed by atoms with Crippen molar-refractivity contribution in [3.05, 3.63) is 0 Å². The summed E-state index contributed by atoms with van der Waals surface area (Å²) in [5.41, 5.74) is 0. The molecule has 0 radical (unpaired) electrons. The molecule has 1 unspecified atom stereocenters. The molecule has 4 heteroatoms. The lowest BCUT2D eigenvalue weighted by Gasteiger charge is -2.40. The minimum absolute atomic E-state index is 0.365. The average Bonchev–Trinajstić information content (AvgIpc) is 2.55. The van der Waals surface area contributed by atoms with E-state index in [0.717, 1.165) is 44.9 Å². The van der Waals surface area contributed by atoms with Gasteiger partial charge in [0.05, 0.1) is 0 Å². The van der Waals surface area contributed by atoms with Gasteiger partial charge < -0.3 is 9.80 Å². The molecular weight excluding hydrogens is 286 g/mol. The van der Waals surface area contributed by atoms with Gasteiger partial charge in [-0.15, -0.1) is 0 Å². The van der Waals surface area contributed by atoms with Gasteiger partial charge in [-0.2, -0.15) is 0 Å². The van der Waals surface area contributed by atoms with Gasteiger partial charge in [-0.1, -0.05) is 20.3 Å². The van der Waals surface area contributed by atoms with Crippen LogP contribution in [0.3, 0.4) is 0 Å². The molecule has 2 heterocycles. The molecule has 0 N–H and O–H groups in total. The molecule has 2 aliphatic rings. The van der Waals surface area contributed by atoms with Crippen molar-refractivity contribution in [1.82, 2.24) is 14.7 Å². The quantitative estimate of drug-likeness (QED) is 0.752. The molecule has 2 rings (SSSR count). The van der Waals surface area contributed by atoms with Crippen LogP contribution in [0.1, 0.15) is 53.4 Å². The Labute approximate surface area is 143 Å². The van der Waals surface area contributed by atoms with Crippen LogP contribution in [-0.4, -0.2) is 72.5 Å². The second-order valence-electron chi connectivity index (χ2n) is 7.97. The molecule has 2 saturated heterocycles. The highest BCUT2D eigenvalue weighted by atomic mass is 16.2. The minimum atomic E-state index is 0.365. The number of nitrogens with zero attached hydrogens (tertiary/aromatic N) is 3. The van der Waals surface area contributed by atoms with Crippen LogP contribution in [0.15, 0.2) is 0 Å². The first-order chi connectivity index (χ1) is 11.0. The van der Waals surface area contributed by atoms with E-state index in [1.54, 1.807) is 0 Å². The molecule has 0 aromatic heterocycles. The van der Waals surface area contributed by atoms with E-state index in [0.29, 0.717) is 17.9 Å². The number of amides is 1. The summed E-state index contributed by atoms with van der Waals surface area (Å²) in [6, 6.07) is 0.691. The van der Waals surface area contributed by atoms with Gasteiger partial charge >= 0.3 is 0 Å². The van der Waals surface area contributed by atoms with Crippen molar-refractivity contribution in [3.8, 4) is 0 Å². The van der Waals surface area contributed by atoms with E-state index in [9.17, 15) is 4.79 Å². The zero-order valence-electron chi connectivity index (χ0n) is 15.8. The number of hydrogen-bond acceptors (Lipinski definition) is 3. The second kappa shape index (κ2) is 9.03. The molecule has 0 aliphatic carbocycles. The Kier molecular flexibility index (Phi) is 7.35. The van der Waals surface area contributed by atoms with Crippen molar-refractivity contribution in [2.75, 3.05) is 45.8 Å². The number of piperidine rings is 1. The maximum Gasteiger partial charge on any atom is 0.222 e. The maximum atomic E-state index is 12.3. The molecule has 134 valence electrons. The van der Waals surface area contributed by atoms with Crippen LogP contribution in [0, 0.1) is 11.8 Å². The van der Waals surface area contributed by atoms with E-state index in [4.69, 9.17) is 0 Å². The van der Waals surface area contributed by atoms with Gasteiger partial charge in [-0.25, -0.2) is 0 Å². The lowest BCUT2D eigenvalue weighted by atomic mass is 9.95. The Morgan fingerprint density at radius 3 is 2.13 bits per heavy atom. The van der Waals surface area contributed by atoms with Crippen molar-refractivity contribution in [2.45, 2.75) is 59.4 Å².